The van der Waals surface area contributed by atoms with E-state index in [2.05, 4.69) is 5.32 Å². The number of nitrogens with one attached hydrogen (secondary N) is 1. The van der Waals surface area contributed by atoms with Gasteiger partial charge in [0.05, 0.1) is 32.7 Å². The largest absolute Gasteiger partial charge is 0.497 e. The Bertz CT molecular complexity index is 778. The van der Waals surface area contributed by atoms with Gasteiger partial charge in [-0.15, -0.1) is 0 Å². The Morgan fingerprint density at radius 3 is 2.48 bits per heavy atom. The molecule has 0 saturated carbocycles. The van der Waals surface area contributed by atoms with Gasteiger partial charge in [-0.1, -0.05) is 6.07 Å². The van der Waals surface area contributed by atoms with Crippen molar-refractivity contribution < 1.29 is 32.2 Å². The maximum Gasteiger partial charge on any atom is 0.416 e. The molecular weight excluding hydrogens is 363 g/mol. The van der Waals surface area contributed by atoms with Crippen molar-refractivity contribution in [2.45, 2.75) is 12.6 Å². The molecule has 2 aromatic rings. The van der Waals surface area contributed by atoms with Crippen LogP contribution in [0.5, 0.6) is 17.2 Å². The van der Waals surface area contributed by atoms with Gasteiger partial charge < -0.3 is 19.5 Å². The number of carbonyl (C=O) groups is 1. The molecule has 5 nitrogen and oxygen atoms in total. The minimum Gasteiger partial charge on any atom is -0.497 e. The second kappa shape index (κ2) is 9.16. The smallest absolute Gasteiger partial charge is 0.416 e. The predicted molar refractivity (Wildman–Crippen MR) is 93.2 cm³/mol. The molecule has 0 aliphatic heterocycles. The van der Waals surface area contributed by atoms with Crippen molar-refractivity contribution in [1.29, 1.82) is 0 Å². The Labute approximate surface area is 155 Å². The molecule has 0 fully saturated rings. The van der Waals surface area contributed by atoms with Crippen LogP contribution in [0.1, 0.15) is 11.1 Å². The summed E-state index contributed by atoms with van der Waals surface area (Å²) in [5.41, 5.74) is -0.123. The SMILES string of the molecule is COc1ccc(OC)c(CC(=O)NCCOc2cccc(C(F)(F)F)c2)c1. The minimum atomic E-state index is -4.43. The quantitative estimate of drug-likeness (QED) is 0.710. The third-order valence-corrected chi connectivity index (χ3v) is 3.69. The number of hydrogen-bond donors (Lipinski definition) is 1. The lowest BCUT2D eigenvalue weighted by atomic mass is 10.1. The number of alkyl halides is 3. The summed E-state index contributed by atoms with van der Waals surface area (Å²) in [4.78, 5) is 12.1. The van der Waals surface area contributed by atoms with Crippen molar-refractivity contribution in [1.82, 2.24) is 5.32 Å². The molecule has 0 unspecified atom stereocenters. The van der Waals surface area contributed by atoms with Crippen molar-refractivity contribution in [3.05, 3.63) is 53.6 Å². The van der Waals surface area contributed by atoms with E-state index in [1.165, 1.54) is 26.4 Å². The summed E-state index contributed by atoms with van der Waals surface area (Å²) in [6.45, 7) is 0.198. The van der Waals surface area contributed by atoms with E-state index in [-0.39, 0.29) is 31.2 Å². The van der Waals surface area contributed by atoms with Gasteiger partial charge in [-0.2, -0.15) is 13.2 Å². The summed E-state index contributed by atoms with van der Waals surface area (Å²) >= 11 is 0. The van der Waals surface area contributed by atoms with Crippen molar-refractivity contribution in [2.75, 3.05) is 27.4 Å². The van der Waals surface area contributed by atoms with Gasteiger partial charge in [0.15, 0.2) is 0 Å². The maximum absolute atomic E-state index is 12.7. The molecule has 0 spiro atoms. The van der Waals surface area contributed by atoms with Gasteiger partial charge in [-0.3, -0.25) is 4.79 Å². The van der Waals surface area contributed by atoms with E-state index in [1.54, 1.807) is 18.2 Å². The Balaban J connectivity index is 1.83. The summed E-state index contributed by atoms with van der Waals surface area (Å²) in [7, 11) is 3.03. The third-order valence-electron chi connectivity index (χ3n) is 3.69. The molecule has 0 aromatic heterocycles. The molecule has 2 aromatic carbocycles. The van der Waals surface area contributed by atoms with Gasteiger partial charge in [0.1, 0.15) is 23.9 Å². The fraction of sp³-hybridized carbons (Fsp3) is 0.316. The van der Waals surface area contributed by atoms with E-state index >= 15 is 0 Å². The standard InChI is InChI=1S/C19H20F3NO4/c1-25-15-6-7-17(26-2)13(10-15)11-18(24)23-8-9-27-16-5-3-4-14(12-16)19(20,21)22/h3-7,10,12H,8-9,11H2,1-2H3,(H,23,24). The van der Waals surface area contributed by atoms with Gasteiger partial charge >= 0.3 is 6.18 Å². The van der Waals surface area contributed by atoms with Gasteiger partial charge in [-0.05, 0) is 36.4 Å². The van der Waals surface area contributed by atoms with Crippen molar-refractivity contribution in [3.8, 4) is 17.2 Å². The van der Waals surface area contributed by atoms with E-state index in [0.29, 0.717) is 17.1 Å². The number of rotatable bonds is 8. The molecule has 0 aliphatic carbocycles. The normalized spacial score (nSPS) is 11.0. The number of amides is 1. The molecule has 8 heteroatoms. The number of benzene rings is 2. The molecule has 0 bridgehead atoms. The van der Waals surface area contributed by atoms with Crippen LogP contribution in [0, 0.1) is 0 Å². The van der Waals surface area contributed by atoms with Crippen molar-refractivity contribution in [2.24, 2.45) is 0 Å². The zero-order valence-electron chi connectivity index (χ0n) is 14.9. The van der Waals surface area contributed by atoms with Crippen molar-refractivity contribution >= 4 is 5.91 Å². The van der Waals surface area contributed by atoms with E-state index in [4.69, 9.17) is 14.2 Å². The Hall–Kier alpha value is -2.90. The lowest BCUT2D eigenvalue weighted by Crippen LogP contribution is -2.29. The summed E-state index contributed by atoms with van der Waals surface area (Å²) < 4.78 is 53.6. The number of carbonyl (C=O) groups excluding carboxylic acids is 1. The Morgan fingerprint density at radius 2 is 1.81 bits per heavy atom. The number of ether oxygens (including phenoxy) is 3. The van der Waals surface area contributed by atoms with E-state index in [0.717, 1.165) is 12.1 Å². The zero-order valence-corrected chi connectivity index (χ0v) is 14.9. The van der Waals surface area contributed by atoms with Crippen LogP contribution in [0.4, 0.5) is 13.2 Å². The minimum absolute atomic E-state index is 0.0439. The average molecular weight is 383 g/mol. The van der Waals surface area contributed by atoms with E-state index in [9.17, 15) is 18.0 Å². The van der Waals surface area contributed by atoms with E-state index < -0.39 is 11.7 Å². The highest BCUT2D eigenvalue weighted by molar-refractivity contribution is 5.79. The summed E-state index contributed by atoms with van der Waals surface area (Å²) in [6.07, 6.45) is -4.35. The molecule has 0 aliphatic rings. The van der Waals surface area contributed by atoms with E-state index in [1.807, 2.05) is 0 Å². The van der Waals surface area contributed by atoms with Gasteiger partial charge in [-0.25, -0.2) is 0 Å². The second-order valence-electron chi connectivity index (χ2n) is 5.58. The first-order valence-corrected chi connectivity index (χ1v) is 8.11. The summed E-state index contributed by atoms with van der Waals surface area (Å²) in [5, 5.41) is 2.65. The lowest BCUT2D eigenvalue weighted by molar-refractivity contribution is -0.137. The topological polar surface area (TPSA) is 56.8 Å². The second-order valence-corrected chi connectivity index (χ2v) is 5.58. The highest BCUT2D eigenvalue weighted by atomic mass is 19.4. The fourth-order valence-corrected chi connectivity index (χ4v) is 2.38. The first-order valence-electron chi connectivity index (χ1n) is 8.11. The Morgan fingerprint density at radius 1 is 1.04 bits per heavy atom. The lowest BCUT2D eigenvalue weighted by Gasteiger charge is -2.12. The molecule has 0 heterocycles. The predicted octanol–water partition coefficient (Wildman–Crippen LogP) is 3.46. The summed E-state index contributed by atoms with van der Waals surface area (Å²) in [6, 6.07) is 9.72. The number of hydrogen-bond acceptors (Lipinski definition) is 4. The van der Waals surface area contributed by atoms with Crippen LogP contribution in [0.15, 0.2) is 42.5 Å². The molecule has 146 valence electrons. The van der Waals surface area contributed by atoms with Gasteiger partial charge in [0, 0.05) is 5.56 Å². The van der Waals surface area contributed by atoms with Crippen LogP contribution in [0.25, 0.3) is 0 Å². The third kappa shape index (κ3) is 6.09. The molecule has 0 radical (unpaired) electrons. The maximum atomic E-state index is 12.7. The molecular formula is C19H20F3NO4. The monoisotopic (exact) mass is 383 g/mol. The first-order chi connectivity index (χ1) is 12.8. The molecule has 2 rings (SSSR count). The van der Waals surface area contributed by atoms with Crippen LogP contribution >= 0.6 is 0 Å². The number of halogens is 3. The summed E-state index contributed by atoms with van der Waals surface area (Å²) in [5.74, 6) is 0.986. The molecule has 0 atom stereocenters. The molecule has 1 amide bonds. The average Bonchev–Trinajstić information content (AvgIpc) is 2.64. The van der Waals surface area contributed by atoms with Crippen LogP contribution < -0.4 is 19.5 Å². The van der Waals surface area contributed by atoms with Gasteiger partial charge in [0.25, 0.3) is 0 Å². The molecule has 27 heavy (non-hydrogen) atoms. The first kappa shape index (κ1) is 20.4. The molecule has 0 saturated heterocycles. The number of methoxy groups -OCH3 is 2. The van der Waals surface area contributed by atoms with Crippen LogP contribution in [-0.2, 0) is 17.4 Å². The highest BCUT2D eigenvalue weighted by Gasteiger charge is 2.30. The Kier molecular flexibility index (Phi) is 6.92. The fourth-order valence-electron chi connectivity index (χ4n) is 2.38. The van der Waals surface area contributed by atoms with Crippen LogP contribution in [0.2, 0.25) is 0 Å². The zero-order chi connectivity index (χ0) is 19.9. The molecule has 1 N–H and O–H groups in total. The van der Waals surface area contributed by atoms with Crippen LogP contribution in [-0.4, -0.2) is 33.3 Å². The van der Waals surface area contributed by atoms with Crippen molar-refractivity contribution in [3.63, 3.8) is 0 Å². The van der Waals surface area contributed by atoms with Gasteiger partial charge in [0.2, 0.25) is 5.91 Å². The van der Waals surface area contributed by atoms with Crippen LogP contribution in [0.3, 0.4) is 0 Å². The highest BCUT2D eigenvalue weighted by Crippen LogP contribution is 2.31.